The second-order valence-electron chi connectivity index (χ2n) is 9.12. The molecule has 1 aliphatic heterocycles. The van der Waals surface area contributed by atoms with Gasteiger partial charge in [-0.3, -0.25) is 9.59 Å². The van der Waals surface area contributed by atoms with E-state index in [0.29, 0.717) is 16.6 Å². The number of ether oxygens (including phenoxy) is 1. The summed E-state index contributed by atoms with van der Waals surface area (Å²) < 4.78 is 35.4. The van der Waals surface area contributed by atoms with Gasteiger partial charge < -0.3 is 30.6 Å². The van der Waals surface area contributed by atoms with Crippen LogP contribution in [0.2, 0.25) is 5.02 Å². The maximum Gasteiger partial charge on any atom is 0.293 e. The van der Waals surface area contributed by atoms with Crippen molar-refractivity contribution in [2.75, 3.05) is 37.0 Å². The molecule has 38 heavy (non-hydrogen) atoms. The first kappa shape index (κ1) is 27.1. The molecule has 1 aromatic carbocycles. The van der Waals surface area contributed by atoms with Crippen molar-refractivity contribution >= 4 is 45.7 Å². The standard InChI is InChI=1S/C25H26ClF2N7O3/c1-13-10-35(11-20(30)25(13,27)28)23-15(9-29)7-17(26)22(33-23)32-16-4-5-18-14(6-16)8-19(24(37)34(18)3)38-12-21(36)31-2/h4-8,13,20H,10-12,30H2,1-3H3,(H,31,36)(H,32,33)/t13-,20+/m1/s1. The summed E-state index contributed by atoms with van der Waals surface area (Å²) in [4.78, 5) is 30.2. The van der Waals surface area contributed by atoms with E-state index < -0.39 is 23.4 Å². The molecule has 3 aromatic rings. The molecule has 0 spiro atoms. The van der Waals surface area contributed by atoms with Crippen LogP contribution in [0.15, 0.2) is 35.1 Å². The number of carbonyl (C=O) groups is 1. The Morgan fingerprint density at radius 2 is 2.08 bits per heavy atom. The maximum absolute atomic E-state index is 14.3. The minimum Gasteiger partial charge on any atom is -0.478 e. The molecule has 4 N–H and O–H groups in total. The normalized spacial score (nSPS) is 18.6. The zero-order valence-corrected chi connectivity index (χ0v) is 21.6. The zero-order valence-electron chi connectivity index (χ0n) is 20.9. The fourth-order valence-electron chi connectivity index (χ4n) is 4.30. The number of fused-ring (bicyclic) bond motifs is 1. The number of anilines is 3. The van der Waals surface area contributed by atoms with Crippen molar-refractivity contribution in [3.63, 3.8) is 0 Å². The monoisotopic (exact) mass is 545 g/mol. The van der Waals surface area contributed by atoms with Crippen LogP contribution in [0.5, 0.6) is 5.75 Å². The fourth-order valence-corrected chi connectivity index (χ4v) is 4.50. The molecule has 2 aromatic heterocycles. The average Bonchev–Trinajstić information content (AvgIpc) is 2.89. The highest BCUT2D eigenvalue weighted by atomic mass is 35.5. The quantitative estimate of drug-likeness (QED) is 0.430. The Bertz CT molecular complexity index is 1490. The number of aryl methyl sites for hydroxylation is 1. The Balaban J connectivity index is 1.68. The number of carbonyl (C=O) groups excluding carboxylic acids is 1. The third kappa shape index (κ3) is 5.07. The molecule has 0 unspecified atom stereocenters. The minimum atomic E-state index is -3.04. The minimum absolute atomic E-state index is 0.00456. The lowest BCUT2D eigenvalue weighted by Gasteiger charge is -2.41. The van der Waals surface area contributed by atoms with Crippen molar-refractivity contribution in [1.29, 1.82) is 5.26 Å². The van der Waals surface area contributed by atoms with E-state index >= 15 is 0 Å². The van der Waals surface area contributed by atoms with Crippen LogP contribution in [-0.2, 0) is 11.8 Å². The maximum atomic E-state index is 14.3. The molecule has 1 amide bonds. The van der Waals surface area contributed by atoms with Crippen molar-refractivity contribution in [1.82, 2.24) is 14.9 Å². The third-order valence-corrected chi connectivity index (χ3v) is 6.82. The number of amides is 1. The van der Waals surface area contributed by atoms with E-state index in [1.807, 2.05) is 6.07 Å². The molecule has 4 rings (SSSR count). The number of nitriles is 1. The molecule has 200 valence electrons. The van der Waals surface area contributed by atoms with E-state index in [-0.39, 0.29) is 53.6 Å². The van der Waals surface area contributed by atoms with E-state index in [2.05, 4.69) is 15.6 Å². The number of alkyl halides is 2. The summed E-state index contributed by atoms with van der Waals surface area (Å²) >= 11 is 6.40. The summed E-state index contributed by atoms with van der Waals surface area (Å²) in [7, 11) is 3.05. The molecule has 3 heterocycles. The second kappa shape index (κ2) is 10.4. The van der Waals surface area contributed by atoms with Gasteiger partial charge in [0.05, 0.1) is 22.1 Å². The van der Waals surface area contributed by atoms with E-state index in [4.69, 9.17) is 22.1 Å². The highest BCUT2D eigenvalue weighted by molar-refractivity contribution is 6.33. The molecular formula is C25H26ClF2N7O3. The number of piperidine rings is 1. The van der Waals surface area contributed by atoms with E-state index in [9.17, 15) is 23.6 Å². The van der Waals surface area contributed by atoms with Crippen LogP contribution >= 0.6 is 11.6 Å². The molecule has 0 saturated carbocycles. The average molecular weight is 546 g/mol. The van der Waals surface area contributed by atoms with Crippen molar-refractivity contribution < 1.29 is 18.3 Å². The molecule has 1 aliphatic rings. The Kier molecular flexibility index (Phi) is 7.44. The topological polar surface area (TPSA) is 138 Å². The Labute approximate surface area is 221 Å². The van der Waals surface area contributed by atoms with Gasteiger partial charge in [-0.25, -0.2) is 13.8 Å². The molecule has 0 aliphatic carbocycles. The van der Waals surface area contributed by atoms with Crippen LogP contribution < -0.4 is 31.6 Å². The molecule has 0 radical (unpaired) electrons. The Hall–Kier alpha value is -3.95. The van der Waals surface area contributed by atoms with E-state index in [1.54, 1.807) is 30.1 Å². The smallest absolute Gasteiger partial charge is 0.293 e. The van der Waals surface area contributed by atoms with Crippen molar-refractivity contribution in [3.05, 3.63) is 51.3 Å². The van der Waals surface area contributed by atoms with Crippen LogP contribution in [0.3, 0.4) is 0 Å². The molecule has 1 saturated heterocycles. The predicted molar refractivity (Wildman–Crippen MR) is 140 cm³/mol. The van der Waals surface area contributed by atoms with Crippen molar-refractivity contribution in [2.45, 2.75) is 18.9 Å². The molecule has 0 bridgehead atoms. The molecule has 1 fully saturated rings. The number of hydrogen-bond donors (Lipinski definition) is 3. The number of rotatable bonds is 6. The van der Waals surface area contributed by atoms with Crippen LogP contribution in [0.25, 0.3) is 10.9 Å². The van der Waals surface area contributed by atoms with E-state index in [0.717, 1.165) is 0 Å². The van der Waals surface area contributed by atoms with Gasteiger partial charge in [-0.2, -0.15) is 5.26 Å². The van der Waals surface area contributed by atoms with Gasteiger partial charge in [-0.15, -0.1) is 0 Å². The van der Waals surface area contributed by atoms with Gasteiger partial charge in [-0.1, -0.05) is 18.5 Å². The fraction of sp³-hybridized carbons (Fsp3) is 0.360. The molecule has 13 heteroatoms. The number of pyridine rings is 2. The summed E-state index contributed by atoms with van der Waals surface area (Å²) in [6.45, 7) is 0.880. The van der Waals surface area contributed by atoms with Crippen LogP contribution in [0, 0.1) is 17.2 Å². The second-order valence-corrected chi connectivity index (χ2v) is 9.53. The summed E-state index contributed by atoms with van der Waals surface area (Å²) in [6, 6.07) is 8.71. The number of nitrogens with zero attached hydrogens (tertiary/aromatic N) is 4. The summed E-state index contributed by atoms with van der Waals surface area (Å²) in [5.41, 5.74) is 6.65. The lowest BCUT2D eigenvalue weighted by Crippen LogP contribution is -2.60. The van der Waals surface area contributed by atoms with Gasteiger partial charge in [0.15, 0.2) is 18.2 Å². The van der Waals surface area contributed by atoms with Crippen LogP contribution in [0.1, 0.15) is 12.5 Å². The number of likely N-dealkylation sites (N-methyl/N-ethyl adjacent to an activating group) is 1. The molecular weight excluding hydrogens is 520 g/mol. The first-order valence-electron chi connectivity index (χ1n) is 11.7. The van der Waals surface area contributed by atoms with Gasteiger partial charge in [0.1, 0.15) is 11.9 Å². The molecule has 10 nitrogen and oxygen atoms in total. The molecule has 2 atom stereocenters. The number of nitrogens with one attached hydrogen (secondary N) is 2. The summed E-state index contributed by atoms with van der Waals surface area (Å²) in [5, 5.41) is 15.9. The van der Waals surface area contributed by atoms with Crippen molar-refractivity contribution in [2.24, 2.45) is 18.7 Å². The first-order chi connectivity index (χ1) is 18.0. The predicted octanol–water partition coefficient (Wildman–Crippen LogP) is 2.75. The summed E-state index contributed by atoms with van der Waals surface area (Å²) in [5.74, 6) is -4.05. The first-order valence-corrected chi connectivity index (χ1v) is 12.1. The lowest BCUT2D eigenvalue weighted by atomic mass is 9.91. The SMILES string of the molecule is CNC(=O)COc1cc2cc(Nc3nc(N4C[C@@H](C)C(F)(F)[C@@H](N)C4)c(C#N)cc3Cl)ccc2n(C)c1=O. The van der Waals surface area contributed by atoms with Gasteiger partial charge >= 0.3 is 0 Å². The van der Waals surface area contributed by atoms with Gasteiger partial charge in [0.2, 0.25) is 0 Å². The van der Waals surface area contributed by atoms with Crippen LogP contribution in [0.4, 0.5) is 26.1 Å². The number of hydrogen-bond acceptors (Lipinski definition) is 8. The highest BCUT2D eigenvalue weighted by Crippen LogP contribution is 2.37. The van der Waals surface area contributed by atoms with Crippen LogP contribution in [-0.4, -0.2) is 54.2 Å². The Morgan fingerprint density at radius 3 is 2.74 bits per heavy atom. The van der Waals surface area contributed by atoms with Gasteiger partial charge in [0.25, 0.3) is 17.4 Å². The highest BCUT2D eigenvalue weighted by Gasteiger charge is 2.48. The largest absolute Gasteiger partial charge is 0.478 e. The Morgan fingerprint density at radius 1 is 1.34 bits per heavy atom. The summed E-state index contributed by atoms with van der Waals surface area (Å²) in [6.07, 6.45) is 0. The van der Waals surface area contributed by atoms with E-state index in [1.165, 1.54) is 30.7 Å². The van der Waals surface area contributed by atoms with Crippen molar-refractivity contribution in [3.8, 4) is 11.8 Å². The number of nitrogens with two attached hydrogens (primary N) is 1. The lowest BCUT2D eigenvalue weighted by molar-refractivity contribution is -0.122. The third-order valence-electron chi connectivity index (χ3n) is 6.53. The number of aromatic nitrogens is 2. The zero-order chi connectivity index (χ0) is 27.8. The number of benzene rings is 1. The van der Waals surface area contributed by atoms with Gasteiger partial charge in [0, 0.05) is 44.2 Å². The van der Waals surface area contributed by atoms with Gasteiger partial charge in [-0.05, 0) is 30.3 Å². The number of halogens is 3.